The molecule has 0 radical (unpaired) electrons. The van der Waals surface area contributed by atoms with Gasteiger partial charge in [-0.1, -0.05) is 11.6 Å². The van der Waals surface area contributed by atoms with E-state index >= 15 is 0 Å². The summed E-state index contributed by atoms with van der Waals surface area (Å²) in [6.07, 6.45) is 0. The summed E-state index contributed by atoms with van der Waals surface area (Å²) in [5, 5.41) is 5.86. The molecule has 1 aliphatic heterocycles. The van der Waals surface area contributed by atoms with Crippen LogP contribution in [0.2, 0.25) is 5.02 Å². The topological polar surface area (TPSA) is 117 Å². The molecule has 1 fully saturated rings. The van der Waals surface area contributed by atoms with Crippen LogP contribution >= 0.6 is 11.6 Å². The summed E-state index contributed by atoms with van der Waals surface area (Å²) in [6, 6.07) is 11.1. The van der Waals surface area contributed by atoms with Crippen LogP contribution in [-0.2, 0) is 19.6 Å². The average Bonchev–Trinajstić information content (AvgIpc) is 2.85. The van der Waals surface area contributed by atoms with Crippen LogP contribution in [0.15, 0.2) is 53.4 Å². The van der Waals surface area contributed by atoms with Crippen molar-refractivity contribution in [3.8, 4) is 5.75 Å². The number of benzene rings is 2. The van der Waals surface area contributed by atoms with Gasteiger partial charge in [-0.15, -0.1) is 0 Å². The lowest BCUT2D eigenvalue weighted by molar-refractivity contribution is -0.126. The molecule has 0 aliphatic carbocycles. The molecule has 1 atom stereocenters. The summed E-state index contributed by atoms with van der Waals surface area (Å²) in [5.74, 6) is 0.164. The minimum atomic E-state index is -4.01. The van der Waals surface area contributed by atoms with Gasteiger partial charge in [-0.25, -0.2) is 13.2 Å². The van der Waals surface area contributed by atoms with Gasteiger partial charge in [0.2, 0.25) is 15.9 Å². The second kappa shape index (κ2) is 12.2. The Labute approximate surface area is 210 Å². The smallest absolute Gasteiger partial charge is 0.321 e. The van der Waals surface area contributed by atoms with Gasteiger partial charge >= 0.3 is 6.03 Å². The van der Waals surface area contributed by atoms with Crippen molar-refractivity contribution in [2.45, 2.75) is 17.9 Å². The first-order valence-electron chi connectivity index (χ1n) is 11.1. The van der Waals surface area contributed by atoms with Crippen molar-refractivity contribution in [2.24, 2.45) is 0 Å². The molecule has 12 heteroatoms. The molecule has 2 aromatic rings. The zero-order valence-corrected chi connectivity index (χ0v) is 21.1. The number of rotatable bonds is 9. The Morgan fingerprint density at radius 2 is 1.77 bits per heavy atom. The van der Waals surface area contributed by atoms with Crippen molar-refractivity contribution in [3.05, 3.63) is 53.6 Å². The normalized spacial score (nSPS) is 16.5. The number of sulfonamides is 1. The number of nitrogens with one attached hydrogen (secondary N) is 2. The summed E-state index contributed by atoms with van der Waals surface area (Å²) in [7, 11) is -2.51. The van der Waals surface area contributed by atoms with Crippen LogP contribution in [0.3, 0.4) is 0 Å². The van der Waals surface area contributed by atoms with E-state index in [1.807, 2.05) is 6.92 Å². The predicted octanol–water partition coefficient (Wildman–Crippen LogP) is 2.41. The molecular formula is C23H29ClN4O6S. The Hall–Kier alpha value is -2.86. The van der Waals surface area contributed by atoms with Crippen molar-refractivity contribution in [1.29, 1.82) is 0 Å². The predicted molar refractivity (Wildman–Crippen MR) is 132 cm³/mol. The molecule has 0 aromatic heterocycles. The molecule has 2 N–H and O–H groups in total. The van der Waals surface area contributed by atoms with Crippen LogP contribution in [0.1, 0.15) is 6.92 Å². The summed E-state index contributed by atoms with van der Waals surface area (Å²) in [5.41, 5.74) is 0.552. The standard InChI is InChI=1S/C23H29ClN4O6S/c1-3-34-19-8-6-18(7-9-19)26-23(30)27-13-14-28(21(16-27)22(29)25-12-15-33-2)35(31,32)20-10-4-17(24)5-11-20/h4-11,21H,3,12-16H2,1-2H3,(H,25,29)(H,26,30). The quantitative estimate of drug-likeness (QED) is 0.486. The van der Waals surface area contributed by atoms with E-state index in [1.165, 1.54) is 36.3 Å². The van der Waals surface area contributed by atoms with Gasteiger partial charge in [0.25, 0.3) is 0 Å². The molecule has 35 heavy (non-hydrogen) atoms. The largest absolute Gasteiger partial charge is 0.494 e. The maximum Gasteiger partial charge on any atom is 0.321 e. The van der Waals surface area contributed by atoms with Gasteiger partial charge in [0.05, 0.1) is 18.1 Å². The van der Waals surface area contributed by atoms with E-state index in [0.717, 1.165) is 4.31 Å². The first-order chi connectivity index (χ1) is 16.8. The Morgan fingerprint density at radius 1 is 1.09 bits per heavy atom. The van der Waals surface area contributed by atoms with Crippen LogP contribution in [0.5, 0.6) is 5.75 Å². The van der Waals surface area contributed by atoms with Gasteiger partial charge in [-0.3, -0.25) is 4.79 Å². The first kappa shape index (κ1) is 26.7. The van der Waals surface area contributed by atoms with E-state index in [2.05, 4.69) is 10.6 Å². The number of hydrogen-bond donors (Lipinski definition) is 2. The Bertz CT molecular complexity index is 1110. The molecule has 2 aromatic carbocycles. The third-order valence-electron chi connectivity index (χ3n) is 5.36. The van der Waals surface area contributed by atoms with Crippen LogP contribution in [0.4, 0.5) is 10.5 Å². The maximum atomic E-state index is 13.3. The lowest BCUT2D eigenvalue weighted by Crippen LogP contribution is -2.62. The molecule has 190 valence electrons. The molecule has 0 saturated carbocycles. The number of hydrogen-bond acceptors (Lipinski definition) is 6. The molecule has 3 rings (SSSR count). The lowest BCUT2D eigenvalue weighted by atomic mass is 10.2. The third-order valence-corrected chi connectivity index (χ3v) is 7.54. The van der Waals surface area contributed by atoms with Crippen LogP contribution in [-0.4, -0.2) is 82.1 Å². The molecule has 1 heterocycles. The maximum absolute atomic E-state index is 13.3. The number of ether oxygens (including phenoxy) is 2. The number of nitrogens with zero attached hydrogens (tertiary/aromatic N) is 2. The number of carbonyl (C=O) groups excluding carboxylic acids is 2. The van der Waals surface area contributed by atoms with E-state index in [0.29, 0.717) is 23.1 Å². The third kappa shape index (κ3) is 6.85. The van der Waals surface area contributed by atoms with Crippen LogP contribution < -0.4 is 15.4 Å². The highest BCUT2D eigenvalue weighted by Crippen LogP contribution is 2.24. The number of halogens is 1. The Balaban J connectivity index is 1.77. The zero-order valence-electron chi connectivity index (χ0n) is 19.6. The number of methoxy groups -OCH3 is 1. The molecular weight excluding hydrogens is 496 g/mol. The SMILES string of the molecule is CCOc1ccc(NC(=O)N2CCN(S(=O)(=O)c3ccc(Cl)cc3)C(C(=O)NCCOC)C2)cc1. The minimum absolute atomic E-state index is 0.0175. The molecule has 10 nitrogen and oxygen atoms in total. The van der Waals surface area contributed by atoms with Crippen molar-refractivity contribution in [3.63, 3.8) is 0 Å². The van der Waals surface area contributed by atoms with Gasteiger partial charge in [0.1, 0.15) is 11.8 Å². The molecule has 0 bridgehead atoms. The fourth-order valence-corrected chi connectivity index (χ4v) is 5.29. The van der Waals surface area contributed by atoms with Crippen molar-refractivity contribution in [1.82, 2.24) is 14.5 Å². The summed E-state index contributed by atoms with van der Waals surface area (Å²) < 4.78 is 38.2. The molecule has 1 aliphatic rings. The van der Waals surface area contributed by atoms with Crippen molar-refractivity contribution >= 4 is 39.2 Å². The molecule has 3 amide bonds. The van der Waals surface area contributed by atoms with Gasteiger partial charge in [0, 0.05) is 44.0 Å². The van der Waals surface area contributed by atoms with Gasteiger partial charge in [0.15, 0.2) is 0 Å². The average molecular weight is 525 g/mol. The number of carbonyl (C=O) groups is 2. The zero-order chi connectivity index (χ0) is 25.4. The fourth-order valence-electron chi connectivity index (χ4n) is 3.59. The van der Waals surface area contributed by atoms with E-state index in [1.54, 1.807) is 24.3 Å². The van der Waals surface area contributed by atoms with E-state index < -0.39 is 28.0 Å². The minimum Gasteiger partial charge on any atom is -0.494 e. The molecule has 1 unspecified atom stereocenters. The second-order valence-corrected chi connectivity index (χ2v) is 10.0. The van der Waals surface area contributed by atoms with Crippen molar-refractivity contribution < 1.29 is 27.5 Å². The highest BCUT2D eigenvalue weighted by molar-refractivity contribution is 7.89. The monoisotopic (exact) mass is 524 g/mol. The van der Waals surface area contributed by atoms with Gasteiger partial charge < -0.3 is 25.0 Å². The van der Waals surface area contributed by atoms with E-state index in [-0.39, 0.29) is 37.7 Å². The van der Waals surface area contributed by atoms with Crippen LogP contribution in [0.25, 0.3) is 0 Å². The highest BCUT2D eigenvalue weighted by atomic mass is 35.5. The van der Waals surface area contributed by atoms with Crippen LogP contribution in [0, 0.1) is 0 Å². The Morgan fingerprint density at radius 3 is 2.40 bits per heavy atom. The number of piperazine rings is 1. The summed E-state index contributed by atoms with van der Waals surface area (Å²) in [4.78, 5) is 27.3. The fraction of sp³-hybridized carbons (Fsp3) is 0.391. The van der Waals surface area contributed by atoms with Crippen molar-refractivity contribution in [2.75, 3.05) is 51.8 Å². The highest BCUT2D eigenvalue weighted by Gasteiger charge is 2.41. The first-order valence-corrected chi connectivity index (χ1v) is 12.9. The Kier molecular flexibility index (Phi) is 9.33. The van der Waals surface area contributed by atoms with E-state index in [9.17, 15) is 18.0 Å². The van der Waals surface area contributed by atoms with E-state index in [4.69, 9.17) is 21.1 Å². The number of urea groups is 1. The second-order valence-electron chi connectivity index (χ2n) is 7.70. The van der Waals surface area contributed by atoms with Gasteiger partial charge in [-0.05, 0) is 55.5 Å². The molecule has 1 saturated heterocycles. The molecule has 0 spiro atoms. The summed E-state index contributed by atoms with van der Waals surface area (Å²) >= 11 is 5.90. The summed E-state index contributed by atoms with van der Waals surface area (Å²) in [6.45, 7) is 2.83. The van der Waals surface area contributed by atoms with Gasteiger partial charge in [-0.2, -0.15) is 4.31 Å². The number of anilines is 1. The lowest BCUT2D eigenvalue weighted by Gasteiger charge is -2.39. The number of amides is 3.